The maximum absolute atomic E-state index is 12.5. The zero-order chi connectivity index (χ0) is 14.7. The van der Waals surface area contributed by atoms with Crippen molar-refractivity contribution in [2.24, 2.45) is 0 Å². The zero-order valence-corrected chi connectivity index (χ0v) is 13.0. The van der Waals surface area contributed by atoms with Gasteiger partial charge in [-0.3, -0.25) is 4.79 Å². The lowest BCUT2D eigenvalue weighted by molar-refractivity contribution is -0.114. The second-order valence-corrected chi connectivity index (χ2v) is 6.99. The third-order valence-corrected chi connectivity index (χ3v) is 5.38. The molecule has 1 aliphatic carbocycles. The van der Waals surface area contributed by atoms with Gasteiger partial charge in [0, 0.05) is 9.92 Å². The van der Waals surface area contributed by atoms with Crippen LogP contribution >= 0.6 is 23.4 Å². The molecule has 3 heteroatoms. The van der Waals surface area contributed by atoms with Crippen LogP contribution in [0.15, 0.2) is 65.6 Å². The Balaban J connectivity index is 1.72. The normalized spacial score (nSPS) is 16.0. The van der Waals surface area contributed by atoms with E-state index >= 15 is 0 Å². The van der Waals surface area contributed by atoms with Crippen LogP contribution in [0.3, 0.4) is 0 Å². The maximum Gasteiger partial charge on any atom is 0.172 e. The summed E-state index contributed by atoms with van der Waals surface area (Å²) in [6.07, 6.45) is 5.37. The van der Waals surface area contributed by atoms with Crippen molar-refractivity contribution >= 4 is 35.2 Å². The van der Waals surface area contributed by atoms with Crippen LogP contribution in [0.2, 0.25) is 5.02 Å². The minimum Gasteiger partial charge on any atom is -0.293 e. The predicted octanol–water partition coefficient (Wildman–Crippen LogP) is 5.25. The third kappa shape index (κ3) is 3.39. The van der Waals surface area contributed by atoms with E-state index in [4.69, 9.17) is 11.6 Å². The van der Waals surface area contributed by atoms with Gasteiger partial charge in [-0.2, -0.15) is 0 Å². The highest BCUT2D eigenvalue weighted by atomic mass is 35.5. The molecule has 106 valence electrons. The van der Waals surface area contributed by atoms with Crippen LogP contribution in [0.25, 0.3) is 6.08 Å². The van der Waals surface area contributed by atoms with E-state index in [-0.39, 0.29) is 10.5 Å². The van der Waals surface area contributed by atoms with Gasteiger partial charge in [0.05, 0.1) is 4.75 Å². The molecule has 0 bridgehead atoms. The van der Waals surface area contributed by atoms with Gasteiger partial charge in [-0.15, -0.1) is 11.8 Å². The Kier molecular flexibility index (Phi) is 4.18. The number of carbonyl (C=O) groups is 1. The molecule has 0 unspecified atom stereocenters. The molecule has 0 amide bonds. The molecular formula is C18H15ClOS. The lowest BCUT2D eigenvalue weighted by atomic mass is 10.1. The summed E-state index contributed by atoms with van der Waals surface area (Å²) in [5.74, 6) is 0.177. The van der Waals surface area contributed by atoms with Crippen molar-refractivity contribution in [3.63, 3.8) is 0 Å². The minimum absolute atomic E-state index is 0.177. The van der Waals surface area contributed by atoms with Gasteiger partial charge < -0.3 is 0 Å². The summed E-state index contributed by atoms with van der Waals surface area (Å²) in [5.41, 5.74) is 0.882. The van der Waals surface area contributed by atoms with Crippen LogP contribution in [0.4, 0.5) is 0 Å². The second-order valence-electron chi connectivity index (χ2n) is 5.13. The van der Waals surface area contributed by atoms with Gasteiger partial charge in [0.2, 0.25) is 0 Å². The Bertz CT molecular complexity index is 675. The molecule has 0 spiro atoms. The number of allylic oxidation sites excluding steroid dienone is 1. The smallest absolute Gasteiger partial charge is 0.172 e. The number of rotatable bonds is 5. The molecule has 1 nitrogen and oxygen atoms in total. The Hall–Kier alpha value is -1.51. The van der Waals surface area contributed by atoms with E-state index in [1.165, 1.54) is 0 Å². The lowest BCUT2D eigenvalue weighted by Gasteiger charge is -2.11. The fraction of sp³-hybridized carbons (Fsp3) is 0.167. The fourth-order valence-corrected chi connectivity index (χ4v) is 3.57. The molecule has 0 atom stereocenters. The van der Waals surface area contributed by atoms with Crippen LogP contribution in [0.5, 0.6) is 0 Å². The van der Waals surface area contributed by atoms with E-state index in [9.17, 15) is 4.79 Å². The fourth-order valence-electron chi connectivity index (χ4n) is 2.15. The summed E-state index contributed by atoms with van der Waals surface area (Å²) in [5, 5.41) is 0.669. The van der Waals surface area contributed by atoms with Gasteiger partial charge >= 0.3 is 0 Å². The molecular weight excluding hydrogens is 300 g/mol. The van der Waals surface area contributed by atoms with E-state index in [2.05, 4.69) is 12.1 Å². The molecule has 0 N–H and O–H groups in total. The van der Waals surface area contributed by atoms with E-state index in [1.807, 2.05) is 48.5 Å². The minimum atomic E-state index is -0.265. The van der Waals surface area contributed by atoms with Gasteiger partial charge in [0.15, 0.2) is 5.78 Å². The first-order valence-electron chi connectivity index (χ1n) is 6.91. The van der Waals surface area contributed by atoms with Crippen LogP contribution in [0, 0.1) is 0 Å². The molecule has 21 heavy (non-hydrogen) atoms. The summed E-state index contributed by atoms with van der Waals surface area (Å²) < 4.78 is -0.265. The van der Waals surface area contributed by atoms with Crippen molar-refractivity contribution in [2.75, 3.05) is 0 Å². The van der Waals surface area contributed by atoms with Crippen molar-refractivity contribution in [1.29, 1.82) is 0 Å². The first-order valence-corrected chi connectivity index (χ1v) is 8.10. The molecule has 0 radical (unpaired) electrons. The first-order chi connectivity index (χ1) is 10.2. The SMILES string of the molecule is O=C(C=Cc1ccccc1Cl)C1(Sc2ccccc2)CC1. The average Bonchev–Trinajstić information content (AvgIpc) is 3.28. The zero-order valence-electron chi connectivity index (χ0n) is 11.5. The van der Waals surface area contributed by atoms with Gasteiger partial charge in [0.25, 0.3) is 0 Å². The highest BCUT2D eigenvalue weighted by molar-refractivity contribution is 8.01. The number of carbonyl (C=O) groups excluding carboxylic acids is 1. The third-order valence-electron chi connectivity index (χ3n) is 3.53. The molecule has 0 aliphatic heterocycles. The Labute approximate surface area is 134 Å². The van der Waals surface area contributed by atoms with E-state index in [1.54, 1.807) is 17.8 Å². The molecule has 1 fully saturated rings. The Morgan fingerprint density at radius 1 is 1.05 bits per heavy atom. The number of ketones is 1. The molecule has 1 aliphatic rings. The Morgan fingerprint density at radius 2 is 1.71 bits per heavy atom. The van der Waals surface area contributed by atoms with Gasteiger partial charge in [-0.05, 0) is 48.8 Å². The van der Waals surface area contributed by atoms with E-state index in [0.29, 0.717) is 5.02 Å². The summed E-state index contributed by atoms with van der Waals surface area (Å²) in [6, 6.07) is 17.6. The van der Waals surface area contributed by atoms with Crippen molar-refractivity contribution in [3.05, 3.63) is 71.3 Å². The number of thioether (sulfide) groups is 1. The van der Waals surface area contributed by atoms with Crippen molar-refractivity contribution in [3.8, 4) is 0 Å². The number of benzene rings is 2. The van der Waals surface area contributed by atoms with Gasteiger partial charge in [-0.25, -0.2) is 0 Å². The molecule has 0 heterocycles. The number of hydrogen-bond acceptors (Lipinski definition) is 2. The quantitative estimate of drug-likeness (QED) is 0.701. The lowest BCUT2D eigenvalue weighted by Crippen LogP contribution is -2.15. The van der Waals surface area contributed by atoms with Crippen LogP contribution in [-0.2, 0) is 4.79 Å². The molecule has 0 saturated heterocycles. The topological polar surface area (TPSA) is 17.1 Å². The highest BCUT2D eigenvalue weighted by Crippen LogP contribution is 2.52. The van der Waals surface area contributed by atoms with Crippen molar-refractivity contribution in [2.45, 2.75) is 22.5 Å². The van der Waals surface area contributed by atoms with E-state index in [0.717, 1.165) is 23.3 Å². The van der Waals surface area contributed by atoms with Gasteiger partial charge in [-0.1, -0.05) is 48.0 Å². The van der Waals surface area contributed by atoms with Gasteiger partial charge in [0.1, 0.15) is 0 Å². The summed E-state index contributed by atoms with van der Waals surface area (Å²) in [7, 11) is 0. The summed E-state index contributed by atoms with van der Waals surface area (Å²) in [4.78, 5) is 13.6. The maximum atomic E-state index is 12.5. The van der Waals surface area contributed by atoms with Crippen LogP contribution in [0.1, 0.15) is 18.4 Å². The molecule has 3 rings (SSSR count). The molecule has 2 aromatic carbocycles. The number of halogens is 1. The van der Waals surface area contributed by atoms with Crippen molar-refractivity contribution in [1.82, 2.24) is 0 Å². The first kappa shape index (κ1) is 14.4. The monoisotopic (exact) mass is 314 g/mol. The summed E-state index contributed by atoms with van der Waals surface area (Å²) in [6.45, 7) is 0. The largest absolute Gasteiger partial charge is 0.293 e. The average molecular weight is 315 g/mol. The molecule has 1 saturated carbocycles. The van der Waals surface area contributed by atoms with Crippen LogP contribution in [-0.4, -0.2) is 10.5 Å². The van der Waals surface area contributed by atoms with Crippen LogP contribution < -0.4 is 0 Å². The number of hydrogen-bond donors (Lipinski definition) is 0. The van der Waals surface area contributed by atoms with E-state index < -0.39 is 0 Å². The standard InChI is InChI=1S/C18H15ClOS/c19-16-9-5-4-6-14(16)10-11-17(20)18(12-13-18)21-15-7-2-1-3-8-15/h1-11H,12-13H2. The summed E-state index contributed by atoms with van der Waals surface area (Å²) >= 11 is 7.77. The Morgan fingerprint density at radius 3 is 2.38 bits per heavy atom. The van der Waals surface area contributed by atoms with Crippen molar-refractivity contribution < 1.29 is 4.79 Å². The second kappa shape index (κ2) is 6.08. The highest BCUT2D eigenvalue weighted by Gasteiger charge is 2.49. The predicted molar refractivity (Wildman–Crippen MR) is 89.8 cm³/mol. The molecule has 2 aromatic rings. The molecule has 0 aromatic heterocycles.